The lowest BCUT2D eigenvalue weighted by Crippen LogP contribution is -2.54. The number of hydrogen-bond acceptors (Lipinski definition) is 3. The second-order valence-corrected chi connectivity index (χ2v) is 7.11. The highest BCUT2D eigenvalue weighted by Gasteiger charge is 2.39. The van der Waals surface area contributed by atoms with Gasteiger partial charge in [-0.15, -0.1) is 12.4 Å². The molecule has 0 aliphatic heterocycles. The Bertz CT molecular complexity index is 531. The highest BCUT2D eigenvalue weighted by molar-refractivity contribution is 5.85. The number of nitrogens with two attached hydrogens (primary N) is 1. The van der Waals surface area contributed by atoms with Crippen molar-refractivity contribution in [1.29, 1.82) is 0 Å². The fourth-order valence-corrected chi connectivity index (χ4v) is 3.46. The maximum atomic E-state index is 12.9. The smallest absolute Gasteiger partial charge is 0.227 e. The molecular weight excluding hydrogens is 324 g/mol. The van der Waals surface area contributed by atoms with Crippen LogP contribution in [-0.4, -0.2) is 34.5 Å². The number of halogens is 1. The van der Waals surface area contributed by atoms with Gasteiger partial charge in [0.2, 0.25) is 5.91 Å². The molecule has 1 saturated carbocycles. The topological polar surface area (TPSA) is 66.6 Å². The van der Waals surface area contributed by atoms with Gasteiger partial charge in [-0.1, -0.05) is 42.7 Å². The summed E-state index contributed by atoms with van der Waals surface area (Å²) in [6.07, 6.45) is 3.23. The molecule has 1 aromatic rings. The molecule has 1 amide bonds. The van der Waals surface area contributed by atoms with Crippen molar-refractivity contribution in [2.75, 3.05) is 13.1 Å². The third-order valence-corrected chi connectivity index (χ3v) is 5.10. The van der Waals surface area contributed by atoms with Crippen LogP contribution in [0.25, 0.3) is 0 Å². The predicted octanol–water partition coefficient (Wildman–Crippen LogP) is 3.21. The first-order chi connectivity index (χ1) is 10.8. The lowest BCUT2D eigenvalue weighted by atomic mass is 9.74. The highest BCUT2D eigenvalue weighted by atomic mass is 35.5. The number of aliphatic hydroxyl groups is 1. The number of benzene rings is 1. The molecule has 136 valence electrons. The number of aliphatic hydroxyl groups excluding tert-OH is 1. The lowest BCUT2D eigenvalue weighted by Gasteiger charge is -2.40. The van der Waals surface area contributed by atoms with Crippen LogP contribution in [0.5, 0.6) is 0 Å². The number of rotatable bonds is 5. The van der Waals surface area contributed by atoms with Crippen molar-refractivity contribution in [2.24, 2.45) is 11.7 Å². The Hall–Kier alpha value is -1.10. The first-order valence-electron chi connectivity index (χ1n) is 8.67. The van der Waals surface area contributed by atoms with Crippen molar-refractivity contribution in [3.05, 3.63) is 35.4 Å². The molecule has 0 radical (unpaired) electrons. The van der Waals surface area contributed by atoms with E-state index in [1.54, 1.807) is 4.90 Å². The predicted molar refractivity (Wildman–Crippen MR) is 100 cm³/mol. The molecule has 1 aromatic carbocycles. The van der Waals surface area contributed by atoms with Crippen LogP contribution >= 0.6 is 12.4 Å². The monoisotopic (exact) mass is 354 g/mol. The van der Waals surface area contributed by atoms with E-state index in [9.17, 15) is 9.90 Å². The minimum absolute atomic E-state index is 0. The molecule has 1 aliphatic rings. The van der Waals surface area contributed by atoms with Gasteiger partial charge in [-0.2, -0.15) is 0 Å². The van der Waals surface area contributed by atoms with Gasteiger partial charge in [0.15, 0.2) is 0 Å². The average molecular weight is 355 g/mol. The molecule has 3 N–H and O–H groups in total. The van der Waals surface area contributed by atoms with Gasteiger partial charge in [-0.05, 0) is 39.2 Å². The van der Waals surface area contributed by atoms with Crippen LogP contribution in [0, 0.1) is 12.8 Å². The zero-order chi connectivity index (χ0) is 17.0. The first-order valence-corrected chi connectivity index (χ1v) is 8.67. The van der Waals surface area contributed by atoms with Crippen molar-refractivity contribution in [2.45, 2.75) is 58.1 Å². The summed E-state index contributed by atoms with van der Waals surface area (Å²) in [5, 5.41) is 10.5. The van der Waals surface area contributed by atoms with Crippen LogP contribution < -0.4 is 5.73 Å². The van der Waals surface area contributed by atoms with Crippen molar-refractivity contribution < 1.29 is 9.90 Å². The Morgan fingerprint density at radius 2 is 2.00 bits per heavy atom. The molecular formula is C19H31ClN2O2. The maximum Gasteiger partial charge on any atom is 0.227 e. The van der Waals surface area contributed by atoms with Crippen molar-refractivity contribution in [1.82, 2.24) is 4.90 Å². The van der Waals surface area contributed by atoms with Crippen molar-refractivity contribution in [3.8, 4) is 0 Å². The Kier molecular flexibility index (Phi) is 7.71. The van der Waals surface area contributed by atoms with E-state index in [0.717, 1.165) is 36.8 Å². The van der Waals surface area contributed by atoms with E-state index in [-0.39, 0.29) is 24.2 Å². The fourth-order valence-electron chi connectivity index (χ4n) is 3.46. The summed E-state index contributed by atoms with van der Waals surface area (Å²) >= 11 is 0. The van der Waals surface area contributed by atoms with Gasteiger partial charge >= 0.3 is 0 Å². The second-order valence-electron chi connectivity index (χ2n) is 7.11. The highest BCUT2D eigenvalue weighted by Crippen LogP contribution is 2.33. The van der Waals surface area contributed by atoms with Gasteiger partial charge in [0, 0.05) is 12.1 Å². The van der Waals surface area contributed by atoms with Gasteiger partial charge in [-0.3, -0.25) is 4.79 Å². The number of likely N-dealkylation sites (N-methyl/N-ethyl adjacent to an activating group) is 1. The minimum atomic E-state index is -0.660. The molecule has 0 bridgehead atoms. The van der Waals surface area contributed by atoms with E-state index in [2.05, 4.69) is 0 Å². The van der Waals surface area contributed by atoms with Crippen LogP contribution in [0.2, 0.25) is 0 Å². The number of amides is 1. The summed E-state index contributed by atoms with van der Waals surface area (Å²) in [6.45, 7) is 6.87. The quantitative estimate of drug-likeness (QED) is 0.853. The molecule has 0 heterocycles. The Morgan fingerprint density at radius 3 is 2.54 bits per heavy atom. The van der Waals surface area contributed by atoms with E-state index in [4.69, 9.17) is 5.73 Å². The average Bonchev–Trinajstić information content (AvgIpc) is 2.52. The number of nitrogens with zero attached hydrogens (tertiary/aromatic N) is 1. The largest absolute Gasteiger partial charge is 0.387 e. The van der Waals surface area contributed by atoms with Crippen LogP contribution in [0.1, 0.15) is 56.8 Å². The molecule has 4 nitrogen and oxygen atoms in total. The number of aryl methyl sites for hydroxylation is 1. The van der Waals surface area contributed by atoms with E-state index in [0.29, 0.717) is 13.1 Å². The molecule has 1 aliphatic carbocycles. The summed E-state index contributed by atoms with van der Waals surface area (Å²) in [6, 6.07) is 7.81. The molecule has 0 aromatic heterocycles. The van der Waals surface area contributed by atoms with Crippen LogP contribution in [0.4, 0.5) is 0 Å². The molecule has 3 atom stereocenters. The molecule has 24 heavy (non-hydrogen) atoms. The normalized spacial score (nSPS) is 24.8. The van der Waals surface area contributed by atoms with Crippen molar-refractivity contribution in [3.63, 3.8) is 0 Å². The fraction of sp³-hybridized carbons (Fsp3) is 0.632. The standard InChI is InChI=1S/C19H30N2O2.ClH/c1-4-21(13-17(22)15-10-8-14(2)9-11-15)18(23)16-7-5-6-12-19(16,3)20;/h8-11,16-17,22H,4-7,12-13,20H2,1-3H3;1H. The van der Waals surface area contributed by atoms with Gasteiger partial charge in [0.1, 0.15) is 0 Å². The molecule has 1 fully saturated rings. The zero-order valence-electron chi connectivity index (χ0n) is 15.0. The molecule has 0 spiro atoms. The Morgan fingerprint density at radius 1 is 1.38 bits per heavy atom. The minimum Gasteiger partial charge on any atom is -0.387 e. The summed E-state index contributed by atoms with van der Waals surface area (Å²) in [5.74, 6) is -0.0511. The zero-order valence-corrected chi connectivity index (χ0v) is 15.8. The van der Waals surface area contributed by atoms with Gasteiger partial charge in [0.05, 0.1) is 18.6 Å². The summed E-state index contributed by atoms with van der Waals surface area (Å²) in [4.78, 5) is 14.7. The van der Waals surface area contributed by atoms with E-state index in [1.165, 1.54) is 0 Å². The molecule has 5 heteroatoms. The maximum absolute atomic E-state index is 12.9. The third-order valence-electron chi connectivity index (χ3n) is 5.10. The van der Waals surface area contributed by atoms with Crippen LogP contribution in [0.3, 0.4) is 0 Å². The molecule has 2 rings (SSSR count). The first kappa shape index (κ1) is 20.9. The number of hydrogen-bond donors (Lipinski definition) is 2. The summed E-state index contributed by atoms with van der Waals surface area (Å²) in [7, 11) is 0. The van der Waals surface area contributed by atoms with E-state index in [1.807, 2.05) is 45.0 Å². The van der Waals surface area contributed by atoms with E-state index >= 15 is 0 Å². The number of carbonyl (C=O) groups is 1. The number of carbonyl (C=O) groups excluding carboxylic acids is 1. The van der Waals surface area contributed by atoms with Gasteiger partial charge in [0.25, 0.3) is 0 Å². The third kappa shape index (κ3) is 4.95. The van der Waals surface area contributed by atoms with Crippen LogP contribution in [0.15, 0.2) is 24.3 Å². The molecule has 0 saturated heterocycles. The van der Waals surface area contributed by atoms with Crippen molar-refractivity contribution >= 4 is 18.3 Å². The van der Waals surface area contributed by atoms with Gasteiger partial charge < -0.3 is 15.7 Å². The summed E-state index contributed by atoms with van der Waals surface area (Å²) in [5.41, 5.74) is 7.94. The Balaban J connectivity index is 0.00000288. The van der Waals surface area contributed by atoms with Crippen LogP contribution in [-0.2, 0) is 4.79 Å². The van der Waals surface area contributed by atoms with E-state index < -0.39 is 11.6 Å². The van der Waals surface area contributed by atoms with Gasteiger partial charge in [-0.25, -0.2) is 0 Å². The molecule has 3 unspecified atom stereocenters. The lowest BCUT2D eigenvalue weighted by molar-refractivity contribution is -0.140. The Labute approximate surface area is 151 Å². The second kappa shape index (κ2) is 8.84. The summed E-state index contributed by atoms with van der Waals surface area (Å²) < 4.78 is 0. The SMILES string of the molecule is CCN(CC(O)c1ccc(C)cc1)C(=O)C1CCCCC1(C)N.Cl.